The average molecular weight is 261 g/mol. The smallest absolute Gasteiger partial charge is 0.323 e. The molecule has 0 aliphatic rings. The van der Waals surface area contributed by atoms with Crippen LogP contribution >= 0.6 is 0 Å². The Morgan fingerprint density at radius 2 is 1.79 bits per heavy atom. The van der Waals surface area contributed by atoms with Crippen molar-refractivity contribution < 1.29 is 4.79 Å². The summed E-state index contributed by atoms with van der Waals surface area (Å²) in [7, 11) is 0. The van der Waals surface area contributed by atoms with Gasteiger partial charge in [-0.25, -0.2) is 9.59 Å². The van der Waals surface area contributed by atoms with E-state index in [1.807, 2.05) is 19.9 Å². The van der Waals surface area contributed by atoms with Gasteiger partial charge in [-0.1, -0.05) is 18.2 Å². The normalized spacial score (nSPS) is 10.4. The van der Waals surface area contributed by atoms with Crippen LogP contribution in [0.25, 0.3) is 5.69 Å². The summed E-state index contributed by atoms with van der Waals surface area (Å²) in [5, 5.41) is 7.36. The summed E-state index contributed by atoms with van der Waals surface area (Å²) in [6.07, 6.45) is 0. The molecule has 0 aliphatic carbocycles. The van der Waals surface area contributed by atoms with Crippen molar-refractivity contribution >= 4 is 6.03 Å². The lowest BCUT2D eigenvalue weighted by Gasteiger charge is -2.16. The van der Waals surface area contributed by atoms with Crippen molar-refractivity contribution in [3.63, 3.8) is 0 Å². The molecule has 0 fully saturated rings. The minimum absolute atomic E-state index is 0.461. The van der Waals surface area contributed by atoms with Crippen LogP contribution in [0.1, 0.15) is 13.8 Å². The molecule has 0 N–H and O–H groups in total. The molecule has 0 unspecified atom stereocenters. The second-order valence-corrected chi connectivity index (χ2v) is 3.88. The lowest BCUT2D eigenvalue weighted by atomic mass is 10.3. The van der Waals surface area contributed by atoms with E-state index >= 15 is 0 Å². The molecule has 0 radical (unpaired) electrons. The molecular formula is C12H15N5O2. The number of hydrogen-bond donors (Lipinski definition) is 0. The van der Waals surface area contributed by atoms with E-state index < -0.39 is 11.7 Å². The molecule has 0 bridgehead atoms. The van der Waals surface area contributed by atoms with Crippen LogP contribution in [0.4, 0.5) is 4.79 Å². The fourth-order valence-electron chi connectivity index (χ4n) is 1.73. The van der Waals surface area contributed by atoms with E-state index in [-0.39, 0.29) is 0 Å². The fraction of sp³-hybridized carbons (Fsp3) is 0.333. The van der Waals surface area contributed by atoms with E-state index in [2.05, 4.69) is 10.4 Å². The Hall–Kier alpha value is -2.44. The van der Waals surface area contributed by atoms with Gasteiger partial charge in [0, 0.05) is 13.1 Å². The molecule has 0 atom stereocenters. The van der Waals surface area contributed by atoms with E-state index in [1.165, 1.54) is 4.90 Å². The summed E-state index contributed by atoms with van der Waals surface area (Å²) in [5.74, 6) is 0. The molecule has 1 amide bonds. The number of carbonyl (C=O) groups excluding carboxylic acids is 1. The lowest BCUT2D eigenvalue weighted by molar-refractivity contribution is 0.200. The zero-order valence-electron chi connectivity index (χ0n) is 10.9. The van der Waals surface area contributed by atoms with Crippen LogP contribution in [0.3, 0.4) is 0 Å². The third-order valence-electron chi connectivity index (χ3n) is 2.80. The number of benzene rings is 1. The van der Waals surface area contributed by atoms with Crippen molar-refractivity contribution in [3.05, 3.63) is 40.8 Å². The topological polar surface area (TPSA) is 73.0 Å². The van der Waals surface area contributed by atoms with Gasteiger partial charge in [0.2, 0.25) is 0 Å². The molecule has 7 heteroatoms. The third-order valence-corrected chi connectivity index (χ3v) is 2.80. The van der Waals surface area contributed by atoms with Gasteiger partial charge < -0.3 is 4.90 Å². The van der Waals surface area contributed by atoms with Crippen molar-refractivity contribution in [3.8, 4) is 5.69 Å². The lowest BCUT2D eigenvalue weighted by Crippen LogP contribution is -2.40. The number of nitrogens with zero attached hydrogens (tertiary/aromatic N) is 5. The SMILES string of the molecule is CCN(CC)C(=O)n1nnn(-c2ccccc2)c1=O. The van der Waals surface area contributed by atoms with Gasteiger partial charge in [-0.3, -0.25) is 0 Å². The van der Waals surface area contributed by atoms with E-state index in [0.29, 0.717) is 18.8 Å². The molecule has 0 spiro atoms. The highest BCUT2D eigenvalue weighted by atomic mass is 16.2. The summed E-state index contributed by atoms with van der Waals surface area (Å²) in [6.45, 7) is 4.71. The highest BCUT2D eigenvalue weighted by molar-refractivity contribution is 5.75. The van der Waals surface area contributed by atoms with Crippen LogP contribution in [0, 0.1) is 0 Å². The summed E-state index contributed by atoms with van der Waals surface area (Å²) in [5.41, 5.74) is 0.00852. The molecule has 19 heavy (non-hydrogen) atoms. The van der Waals surface area contributed by atoms with Gasteiger partial charge >= 0.3 is 11.7 Å². The Labute approximate surface area is 110 Å². The van der Waals surface area contributed by atoms with Crippen LogP contribution in [0.5, 0.6) is 0 Å². The molecule has 1 aromatic heterocycles. The molecule has 1 aromatic carbocycles. The number of rotatable bonds is 3. The number of para-hydroxylation sites is 1. The van der Waals surface area contributed by atoms with Crippen molar-refractivity contribution in [2.45, 2.75) is 13.8 Å². The van der Waals surface area contributed by atoms with E-state index in [4.69, 9.17) is 0 Å². The Morgan fingerprint density at radius 3 is 2.37 bits per heavy atom. The van der Waals surface area contributed by atoms with Gasteiger partial charge in [-0.05, 0) is 36.4 Å². The number of aromatic nitrogens is 4. The van der Waals surface area contributed by atoms with Gasteiger partial charge in [0.15, 0.2) is 0 Å². The van der Waals surface area contributed by atoms with Gasteiger partial charge in [-0.2, -0.15) is 4.68 Å². The predicted octanol–water partition coefficient (Wildman–Crippen LogP) is 0.739. The monoisotopic (exact) mass is 261 g/mol. The second-order valence-electron chi connectivity index (χ2n) is 3.88. The predicted molar refractivity (Wildman–Crippen MR) is 69.3 cm³/mol. The Balaban J connectivity index is 2.39. The molecule has 1 heterocycles. The number of hydrogen-bond acceptors (Lipinski definition) is 4. The van der Waals surface area contributed by atoms with Crippen LogP contribution in [0.15, 0.2) is 35.1 Å². The fourth-order valence-corrected chi connectivity index (χ4v) is 1.73. The van der Waals surface area contributed by atoms with Crippen molar-refractivity contribution in [1.82, 2.24) is 24.7 Å². The number of amides is 1. The standard InChI is InChI=1S/C12H15N5O2/c1-3-15(4-2)11(18)17-12(19)16(13-14-17)10-8-6-5-7-9-10/h5-9H,3-4H2,1-2H3. The molecule has 2 aromatic rings. The molecule has 0 saturated carbocycles. The molecule has 7 nitrogen and oxygen atoms in total. The third kappa shape index (κ3) is 2.40. The average Bonchev–Trinajstić information content (AvgIpc) is 2.83. The van der Waals surface area contributed by atoms with Crippen LogP contribution in [-0.4, -0.2) is 43.8 Å². The maximum atomic E-state index is 12.1. The first kappa shape index (κ1) is 13.0. The number of carbonyl (C=O) groups is 1. The molecule has 2 rings (SSSR count). The molecular weight excluding hydrogens is 246 g/mol. The van der Waals surface area contributed by atoms with Crippen molar-refractivity contribution in [2.75, 3.05) is 13.1 Å². The van der Waals surface area contributed by atoms with Crippen LogP contribution in [-0.2, 0) is 0 Å². The summed E-state index contributed by atoms with van der Waals surface area (Å²) in [6, 6.07) is 8.39. The van der Waals surface area contributed by atoms with Crippen molar-refractivity contribution in [2.24, 2.45) is 0 Å². The maximum Gasteiger partial charge on any atom is 0.377 e. The highest BCUT2D eigenvalue weighted by Crippen LogP contribution is 2.01. The van der Waals surface area contributed by atoms with Crippen LogP contribution < -0.4 is 5.69 Å². The molecule has 0 aliphatic heterocycles. The minimum atomic E-state index is -0.567. The van der Waals surface area contributed by atoms with Crippen molar-refractivity contribution in [1.29, 1.82) is 0 Å². The van der Waals surface area contributed by atoms with Gasteiger partial charge in [0.25, 0.3) is 0 Å². The first-order valence-electron chi connectivity index (χ1n) is 6.08. The zero-order chi connectivity index (χ0) is 13.8. The van der Waals surface area contributed by atoms with E-state index in [1.54, 1.807) is 24.3 Å². The molecule has 0 saturated heterocycles. The quantitative estimate of drug-likeness (QED) is 0.764. The largest absolute Gasteiger partial charge is 0.377 e. The second kappa shape index (κ2) is 5.47. The highest BCUT2D eigenvalue weighted by Gasteiger charge is 2.19. The summed E-state index contributed by atoms with van der Waals surface area (Å²) < 4.78 is 1.88. The minimum Gasteiger partial charge on any atom is -0.323 e. The van der Waals surface area contributed by atoms with E-state index in [9.17, 15) is 9.59 Å². The Bertz CT molecular complexity index is 613. The molecule has 100 valence electrons. The first-order valence-corrected chi connectivity index (χ1v) is 6.08. The Morgan fingerprint density at radius 1 is 1.16 bits per heavy atom. The summed E-state index contributed by atoms with van der Waals surface area (Å²) >= 11 is 0. The summed E-state index contributed by atoms with van der Waals surface area (Å²) in [4.78, 5) is 25.7. The van der Waals surface area contributed by atoms with Gasteiger partial charge in [0.1, 0.15) is 0 Å². The van der Waals surface area contributed by atoms with Crippen LogP contribution in [0.2, 0.25) is 0 Å². The maximum absolute atomic E-state index is 12.1. The zero-order valence-corrected chi connectivity index (χ0v) is 10.9. The first-order chi connectivity index (χ1) is 9.19. The van der Waals surface area contributed by atoms with E-state index in [0.717, 1.165) is 9.36 Å². The Kier molecular flexibility index (Phi) is 3.74. The van der Waals surface area contributed by atoms with Gasteiger partial charge in [-0.15, -0.1) is 4.68 Å². The van der Waals surface area contributed by atoms with Gasteiger partial charge in [0.05, 0.1) is 5.69 Å². The number of tetrazole rings is 1.